The van der Waals surface area contributed by atoms with E-state index in [1.165, 1.54) is 26.9 Å². The molecule has 3 nitrogen and oxygen atoms in total. The van der Waals surface area contributed by atoms with Crippen molar-refractivity contribution in [3.8, 4) is 11.1 Å². The van der Waals surface area contributed by atoms with Crippen molar-refractivity contribution in [3.05, 3.63) is 64.7 Å². The van der Waals surface area contributed by atoms with Gasteiger partial charge in [-0.05, 0) is 17.7 Å². The molecule has 0 heterocycles. The van der Waals surface area contributed by atoms with Crippen LogP contribution in [0.4, 0.5) is 5.69 Å². The maximum absolute atomic E-state index is 10.4. The first kappa shape index (κ1) is 14.3. The molecule has 0 aliphatic heterocycles. The van der Waals surface area contributed by atoms with E-state index in [-0.39, 0.29) is 5.69 Å². The summed E-state index contributed by atoms with van der Waals surface area (Å²) >= 11 is 3.62. The van der Waals surface area contributed by atoms with Gasteiger partial charge in [0.15, 0.2) is 0 Å². The average Bonchev–Trinajstić information content (AvgIpc) is 2.42. The van der Waals surface area contributed by atoms with Crippen LogP contribution in [0.1, 0.15) is 0 Å². The first-order valence-electron chi connectivity index (χ1n) is 4.75. The van der Waals surface area contributed by atoms with Gasteiger partial charge in [-0.25, -0.2) is 0 Å². The molecule has 0 saturated heterocycles. The summed E-state index contributed by atoms with van der Waals surface area (Å²) < 4.78 is 0. The number of nitro groups is 1. The zero-order valence-corrected chi connectivity index (χ0v) is 14.1. The van der Waals surface area contributed by atoms with Crippen molar-refractivity contribution in [2.24, 2.45) is 0 Å². The van der Waals surface area contributed by atoms with E-state index < -0.39 is 4.92 Å². The molecule has 82 valence electrons. The van der Waals surface area contributed by atoms with Crippen LogP contribution >= 0.6 is 19.8 Å². The van der Waals surface area contributed by atoms with Crippen LogP contribution in [0.2, 0.25) is 0 Å². The number of rotatable bonds is 2. The number of nitrogens with zero attached hydrogens (tertiary/aromatic N) is 1. The molecule has 0 saturated carbocycles. The van der Waals surface area contributed by atoms with Crippen molar-refractivity contribution in [1.82, 2.24) is 0 Å². The summed E-state index contributed by atoms with van der Waals surface area (Å²) in [6.07, 6.45) is 0. The Bertz CT molecular complexity index is 474. The minimum atomic E-state index is -0.400. The molecule has 0 spiro atoms. The van der Waals surface area contributed by atoms with E-state index >= 15 is 0 Å². The summed E-state index contributed by atoms with van der Waals surface area (Å²) in [5.41, 5.74) is 2.11. The Morgan fingerprint density at radius 2 is 1.47 bits per heavy atom. The van der Waals surface area contributed by atoms with Gasteiger partial charge in [-0.1, -0.05) is 0 Å². The Morgan fingerprint density at radius 1 is 1.00 bits per heavy atom. The second kappa shape index (κ2) is 7.51. The molecule has 5 heteroatoms. The van der Waals surface area contributed by atoms with Crippen LogP contribution in [-0.2, 0) is 14.8 Å². The molecule has 0 aromatic heterocycles. The van der Waals surface area contributed by atoms with Gasteiger partial charge in [0, 0.05) is 12.1 Å². The van der Waals surface area contributed by atoms with Gasteiger partial charge in [0.1, 0.15) is 0 Å². The van der Waals surface area contributed by atoms with Gasteiger partial charge in [0.05, 0.1) is 4.92 Å². The number of benzene rings is 2. The number of non-ortho nitro benzene ring substituents is 1. The van der Waals surface area contributed by atoms with Crippen molar-refractivity contribution < 1.29 is 19.7 Å². The fourth-order valence-corrected chi connectivity index (χ4v) is 1.35. The first-order valence-corrected chi connectivity index (χ1v) is 13.8. The van der Waals surface area contributed by atoms with Crippen LogP contribution in [0, 0.1) is 16.2 Å². The van der Waals surface area contributed by atoms with Crippen LogP contribution in [0.15, 0.2) is 48.5 Å². The third-order valence-electron chi connectivity index (χ3n) is 2.13. The van der Waals surface area contributed by atoms with Gasteiger partial charge in [-0.15, -0.1) is 5.56 Å². The fourth-order valence-electron chi connectivity index (χ4n) is 1.35. The first-order chi connectivity index (χ1) is 8.27. The van der Waals surface area contributed by atoms with E-state index in [9.17, 15) is 10.1 Å². The SMILES string of the molecule is O=[N+]([O-])c1ccc(-c2cc[c-]cc2)cc1.[Zn+][I]. The molecular weight excluding hydrogens is 382 g/mol. The molecule has 0 bridgehead atoms. The van der Waals surface area contributed by atoms with Gasteiger partial charge in [0.25, 0.3) is 5.69 Å². The summed E-state index contributed by atoms with van der Waals surface area (Å²) in [5.74, 6) is 0. The van der Waals surface area contributed by atoms with Crippen LogP contribution in [0.25, 0.3) is 11.1 Å². The summed E-state index contributed by atoms with van der Waals surface area (Å²) in [7, 11) is 0. The van der Waals surface area contributed by atoms with Crippen LogP contribution in [0.5, 0.6) is 0 Å². The monoisotopic (exact) mass is 389 g/mol. The Hall–Kier alpha value is -0.807. The molecule has 0 N–H and O–H groups in total. The molecule has 17 heavy (non-hydrogen) atoms. The van der Waals surface area contributed by atoms with E-state index in [1.807, 2.05) is 24.3 Å². The summed E-state index contributed by atoms with van der Waals surface area (Å²) in [6, 6.07) is 16.9. The third kappa shape index (κ3) is 4.17. The quantitative estimate of drug-likeness (QED) is 0.256. The predicted octanol–water partition coefficient (Wildman–Crippen LogP) is 3.95. The predicted molar refractivity (Wildman–Crippen MR) is 71.4 cm³/mol. The molecular formula is C12H8INO2Zn. The zero-order chi connectivity index (χ0) is 12.7. The van der Waals surface area contributed by atoms with E-state index in [2.05, 4.69) is 25.8 Å². The summed E-state index contributed by atoms with van der Waals surface area (Å²) in [6.45, 7) is 0. The van der Waals surface area contributed by atoms with Crippen molar-refractivity contribution in [1.29, 1.82) is 0 Å². The van der Waals surface area contributed by atoms with Crippen LogP contribution in [-0.4, -0.2) is 4.92 Å². The van der Waals surface area contributed by atoms with Crippen LogP contribution < -0.4 is 0 Å². The number of hydrogen-bond acceptors (Lipinski definition) is 2. The van der Waals surface area contributed by atoms with Crippen LogP contribution in [0.3, 0.4) is 0 Å². The van der Waals surface area contributed by atoms with Crippen molar-refractivity contribution >= 4 is 25.4 Å². The molecule has 0 amide bonds. The molecule has 2 aromatic rings. The molecule has 0 aliphatic carbocycles. The van der Waals surface area contributed by atoms with Crippen molar-refractivity contribution in [2.75, 3.05) is 0 Å². The molecule has 0 fully saturated rings. The van der Waals surface area contributed by atoms with Gasteiger partial charge in [-0.3, -0.25) is 10.1 Å². The standard InChI is InChI=1S/C12H8NO2.HI.Zn/c14-13(15)12-8-6-11(7-9-12)10-4-2-1-3-5-10;;/h2-9H;1H;/q-1;;+2/p-1. The summed E-state index contributed by atoms with van der Waals surface area (Å²) in [4.78, 5) is 10.0. The molecule has 2 aromatic carbocycles. The van der Waals surface area contributed by atoms with E-state index in [4.69, 9.17) is 0 Å². The Morgan fingerprint density at radius 3 is 1.94 bits per heavy atom. The second-order valence-corrected chi connectivity index (χ2v) is 3.09. The van der Waals surface area contributed by atoms with E-state index in [0.717, 1.165) is 11.1 Å². The Balaban J connectivity index is 0.000000686. The number of hydrogen-bond donors (Lipinski definition) is 0. The molecule has 0 radical (unpaired) electrons. The molecule has 2 rings (SSSR count). The topological polar surface area (TPSA) is 43.1 Å². The van der Waals surface area contributed by atoms with Gasteiger partial charge in [0.2, 0.25) is 0 Å². The van der Waals surface area contributed by atoms with Crippen molar-refractivity contribution in [3.63, 3.8) is 0 Å². The molecule has 0 unspecified atom stereocenters. The average molecular weight is 390 g/mol. The normalized spacial score (nSPS) is 9.12. The molecule has 0 aliphatic rings. The fraction of sp³-hybridized carbons (Fsp3) is 0. The molecule has 0 atom stereocenters. The van der Waals surface area contributed by atoms with Gasteiger partial charge >= 0.3 is 34.5 Å². The van der Waals surface area contributed by atoms with Crippen molar-refractivity contribution in [2.45, 2.75) is 0 Å². The third-order valence-corrected chi connectivity index (χ3v) is 2.13. The maximum atomic E-state index is 10.4. The Kier molecular flexibility index (Phi) is 6.29. The summed E-state index contributed by atoms with van der Waals surface area (Å²) in [5, 5.41) is 10.4. The minimum absolute atomic E-state index is 0.112. The zero-order valence-electron chi connectivity index (χ0n) is 8.97. The van der Waals surface area contributed by atoms with E-state index in [1.54, 1.807) is 12.1 Å². The van der Waals surface area contributed by atoms with Gasteiger partial charge < -0.3 is 0 Å². The number of nitro benzene ring substituents is 1. The van der Waals surface area contributed by atoms with Gasteiger partial charge in [-0.2, -0.15) is 30.3 Å². The Labute approximate surface area is 120 Å². The van der Waals surface area contributed by atoms with E-state index in [0.29, 0.717) is 0 Å². The number of halogens is 1. The second-order valence-electron chi connectivity index (χ2n) is 3.09.